The van der Waals surface area contributed by atoms with Crippen LogP contribution in [-0.2, 0) is 14.3 Å². The van der Waals surface area contributed by atoms with Crippen LogP contribution in [0.15, 0.2) is 0 Å². The average Bonchev–Trinajstić information content (AvgIpc) is 2.72. The van der Waals surface area contributed by atoms with Crippen LogP contribution in [0, 0.1) is 0 Å². The minimum Gasteiger partial charge on any atom is -0.368 e. The fourth-order valence-corrected chi connectivity index (χ4v) is 1.85. The Morgan fingerprint density at radius 1 is 1.53 bits per heavy atom. The maximum atomic E-state index is 11.8. The van der Waals surface area contributed by atoms with E-state index in [1.54, 1.807) is 4.90 Å². The van der Waals surface area contributed by atoms with Crippen LogP contribution >= 0.6 is 0 Å². The summed E-state index contributed by atoms with van der Waals surface area (Å²) in [6.07, 6.45) is 1.63. The Bertz CT molecular complexity index is 281. The summed E-state index contributed by atoms with van der Waals surface area (Å²) in [7, 11) is 0. The van der Waals surface area contributed by atoms with E-state index in [1.165, 1.54) is 0 Å². The average molecular weight is 243 g/mol. The number of hydrogen-bond donors (Lipinski definition) is 2. The van der Waals surface area contributed by atoms with Crippen molar-refractivity contribution in [1.29, 1.82) is 0 Å². The molecule has 1 aliphatic rings. The predicted octanol–water partition coefficient (Wildman–Crippen LogP) is -0.565. The lowest BCUT2D eigenvalue weighted by Gasteiger charge is -2.22. The number of ether oxygens (including phenoxy) is 1. The van der Waals surface area contributed by atoms with Crippen LogP contribution in [0.25, 0.3) is 0 Å². The normalized spacial score (nSPS) is 19.9. The van der Waals surface area contributed by atoms with Crippen LogP contribution in [0.1, 0.15) is 26.7 Å². The maximum absolute atomic E-state index is 11.8. The number of nitrogens with one attached hydrogen (secondary N) is 1. The molecule has 0 aromatic carbocycles. The standard InChI is InChI=1S/C11H21N3O3/c1-8(2)17-7-13-6-10(15)14-5-3-4-9(14)11(12)16/h8-9,13H,3-7H2,1-2H3,(H2,12,16). The summed E-state index contributed by atoms with van der Waals surface area (Å²) in [5.41, 5.74) is 5.24. The van der Waals surface area contributed by atoms with Gasteiger partial charge in [-0.1, -0.05) is 0 Å². The zero-order chi connectivity index (χ0) is 12.8. The minimum absolute atomic E-state index is 0.0985. The molecule has 0 aliphatic carbocycles. The van der Waals surface area contributed by atoms with Gasteiger partial charge in [-0.15, -0.1) is 0 Å². The van der Waals surface area contributed by atoms with Gasteiger partial charge in [0.15, 0.2) is 0 Å². The maximum Gasteiger partial charge on any atom is 0.240 e. The molecular weight excluding hydrogens is 222 g/mol. The molecule has 1 fully saturated rings. The van der Waals surface area contributed by atoms with Crippen LogP contribution in [0.2, 0.25) is 0 Å². The molecule has 2 amide bonds. The van der Waals surface area contributed by atoms with Gasteiger partial charge in [-0.3, -0.25) is 14.9 Å². The van der Waals surface area contributed by atoms with Crippen LogP contribution in [0.3, 0.4) is 0 Å². The smallest absolute Gasteiger partial charge is 0.240 e. The van der Waals surface area contributed by atoms with Crippen molar-refractivity contribution in [3.05, 3.63) is 0 Å². The van der Waals surface area contributed by atoms with Gasteiger partial charge in [0.25, 0.3) is 0 Å². The van der Waals surface area contributed by atoms with Gasteiger partial charge in [-0.05, 0) is 26.7 Å². The molecule has 1 saturated heterocycles. The molecule has 17 heavy (non-hydrogen) atoms. The Balaban J connectivity index is 2.29. The molecular formula is C11H21N3O3. The lowest BCUT2D eigenvalue weighted by Crippen LogP contribution is -2.47. The van der Waals surface area contributed by atoms with Gasteiger partial charge in [0, 0.05) is 6.54 Å². The molecule has 3 N–H and O–H groups in total. The Labute approximate surface area is 101 Å². The molecule has 0 bridgehead atoms. The fraction of sp³-hybridized carbons (Fsp3) is 0.818. The van der Waals surface area contributed by atoms with Crippen molar-refractivity contribution < 1.29 is 14.3 Å². The van der Waals surface area contributed by atoms with Crippen molar-refractivity contribution in [2.45, 2.75) is 38.8 Å². The van der Waals surface area contributed by atoms with Gasteiger partial charge < -0.3 is 15.4 Å². The zero-order valence-electron chi connectivity index (χ0n) is 10.4. The van der Waals surface area contributed by atoms with E-state index in [0.717, 1.165) is 6.42 Å². The van der Waals surface area contributed by atoms with E-state index in [1.807, 2.05) is 13.8 Å². The van der Waals surface area contributed by atoms with Gasteiger partial charge in [0.1, 0.15) is 6.04 Å². The number of amides is 2. The second-order valence-corrected chi connectivity index (χ2v) is 4.43. The number of nitrogens with zero attached hydrogens (tertiary/aromatic N) is 1. The molecule has 98 valence electrons. The second-order valence-electron chi connectivity index (χ2n) is 4.43. The van der Waals surface area contributed by atoms with E-state index in [0.29, 0.717) is 19.7 Å². The van der Waals surface area contributed by atoms with E-state index in [-0.39, 0.29) is 18.6 Å². The summed E-state index contributed by atoms with van der Waals surface area (Å²) in [6, 6.07) is -0.435. The van der Waals surface area contributed by atoms with Crippen LogP contribution < -0.4 is 11.1 Å². The Kier molecular flexibility index (Phi) is 5.37. The highest BCUT2D eigenvalue weighted by molar-refractivity contribution is 5.87. The third kappa shape index (κ3) is 4.32. The SMILES string of the molecule is CC(C)OCNCC(=O)N1CCCC1C(N)=O. The van der Waals surface area contributed by atoms with Gasteiger partial charge >= 0.3 is 0 Å². The van der Waals surface area contributed by atoms with E-state index < -0.39 is 11.9 Å². The Hall–Kier alpha value is -1.14. The number of carbonyl (C=O) groups is 2. The van der Waals surface area contributed by atoms with Crippen molar-refractivity contribution in [2.24, 2.45) is 5.73 Å². The third-order valence-corrected chi connectivity index (χ3v) is 2.70. The Morgan fingerprint density at radius 3 is 2.82 bits per heavy atom. The number of nitrogens with two attached hydrogens (primary N) is 1. The molecule has 1 aliphatic heterocycles. The first-order chi connectivity index (χ1) is 8.02. The van der Waals surface area contributed by atoms with Gasteiger partial charge in [-0.25, -0.2) is 0 Å². The summed E-state index contributed by atoms with van der Waals surface area (Å²) in [4.78, 5) is 24.5. The number of primary amides is 1. The van der Waals surface area contributed by atoms with Gasteiger partial charge in [0.2, 0.25) is 11.8 Å². The highest BCUT2D eigenvalue weighted by atomic mass is 16.5. The topological polar surface area (TPSA) is 84.7 Å². The molecule has 0 aromatic rings. The molecule has 0 saturated carbocycles. The molecule has 0 spiro atoms. The summed E-state index contributed by atoms with van der Waals surface area (Å²) >= 11 is 0. The number of hydrogen-bond acceptors (Lipinski definition) is 4. The van der Waals surface area contributed by atoms with Gasteiger partial charge in [-0.2, -0.15) is 0 Å². The molecule has 6 heteroatoms. The number of carbonyl (C=O) groups excluding carboxylic acids is 2. The van der Waals surface area contributed by atoms with Crippen molar-refractivity contribution in [2.75, 3.05) is 19.8 Å². The predicted molar refractivity (Wildman–Crippen MR) is 63.0 cm³/mol. The van der Waals surface area contributed by atoms with Crippen LogP contribution in [-0.4, -0.2) is 48.7 Å². The molecule has 6 nitrogen and oxygen atoms in total. The Morgan fingerprint density at radius 2 is 2.24 bits per heavy atom. The summed E-state index contributed by atoms with van der Waals surface area (Å²) in [5, 5.41) is 2.89. The lowest BCUT2D eigenvalue weighted by molar-refractivity contribution is -0.136. The van der Waals surface area contributed by atoms with Crippen molar-refractivity contribution >= 4 is 11.8 Å². The number of rotatable bonds is 6. The minimum atomic E-state index is -0.435. The van der Waals surface area contributed by atoms with E-state index >= 15 is 0 Å². The highest BCUT2D eigenvalue weighted by Crippen LogP contribution is 2.16. The van der Waals surface area contributed by atoms with Crippen LogP contribution in [0.4, 0.5) is 0 Å². The van der Waals surface area contributed by atoms with E-state index in [2.05, 4.69) is 5.32 Å². The number of likely N-dealkylation sites (tertiary alicyclic amines) is 1. The lowest BCUT2D eigenvalue weighted by atomic mass is 10.2. The quantitative estimate of drug-likeness (QED) is 0.483. The monoisotopic (exact) mass is 243 g/mol. The largest absolute Gasteiger partial charge is 0.368 e. The first-order valence-electron chi connectivity index (χ1n) is 5.93. The van der Waals surface area contributed by atoms with E-state index in [4.69, 9.17) is 10.5 Å². The fourth-order valence-electron chi connectivity index (χ4n) is 1.85. The zero-order valence-corrected chi connectivity index (χ0v) is 10.4. The molecule has 0 aromatic heterocycles. The second kappa shape index (κ2) is 6.56. The molecule has 1 rings (SSSR count). The van der Waals surface area contributed by atoms with Crippen molar-refractivity contribution in [3.8, 4) is 0 Å². The summed E-state index contributed by atoms with van der Waals surface area (Å²) in [5.74, 6) is -0.520. The molecule has 1 heterocycles. The van der Waals surface area contributed by atoms with Crippen molar-refractivity contribution in [3.63, 3.8) is 0 Å². The summed E-state index contributed by atoms with van der Waals surface area (Å²) < 4.78 is 5.26. The van der Waals surface area contributed by atoms with Crippen molar-refractivity contribution in [1.82, 2.24) is 10.2 Å². The third-order valence-electron chi connectivity index (χ3n) is 2.70. The highest BCUT2D eigenvalue weighted by Gasteiger charge is 2.31. The van der Waals surface area contributed by atoms with Crippen LogP contribution in [0.5, 0.6) is 0 Å². The first-order valence-corrected chi connectivity index (χ1v) is 5.93. The van der Waals surface area contributed by atoms with E-state index in [9.17, 15) is 9.59 Å². The summed E-state index contributed by atoms with van der Waals surface area (Å²) in [6.45, 7) is 4.97. The van der Waals surface area contributed by atoms with Gasteiger partial charge in [0.05, 0.1) is 19.4 Å². The molecule has 1 atom stereocenters. The molecule has 0 radical (unpaired) electrons. The molecule has 1 unspecified atom stereocenters. The first kappa shape index (κ1) is 13.9.